The molecule has 1 aromatic rings. The number of thiocarbonyl (C=S) groups is 1. The summed E-state index contributed by atoms with van der Waals surface area (Å²) in [6, 6.07) is 7.65. The van der Waals surface area contributed by atoms with Crippen LogP contribution in [0.5, 0.6) is 5.75 Å². The average Bonchev–Trinajstić information content (AvgIpc) is 2.46. The van der Waals surface area contributed by atoms with Crippen molar-refractivity contribution in [1.82, 2.24) is 10.6 Å². The van der Waals surface area contributed by atoms with Gasteiger partial charge in [-0.05, 0) is 36.3 Å². The lowest BCUT2D eigenvalue weighted by Gasteiger charge is -2.37. The van der Waals surface area contributed by atoms with Crippen LogP contribution in [0.1, 0.15) is 24.4 Å². The van der Waals surface area contributed by atoms with Crippen LogP contribution in [0.15, 0.2) is 36.0 Å². The minimum atomic E-state index is -0.177. The molecular weight excluding hydrogens is 272 g/mol. The van der Waals surface area contributed by atoms with Crippen molar-refractivity contribution in [2.75, 3.05) is 7.11 Å². The summed E-state index contributed by atoms with van der Waals surface area (Å²) in [5.74, 6) is 0.880. The molecule has 0 saturated carbocycles. The third-order valence-corrected chi connectivity index (χ3v) is 4.01. The van der Waals surface area contributed by atoms with Gasteiger partial charge in [0.25, 0.3) is 0 Å². The Hall–Kier alpha value is -1.88. The molecule has 3 rings (SSSR count). The summed E-state index contributed by atoms with van der Waals surface area (Å²) in [7, 11) is 1.64. The first-order valence-corrected chi connectivity index (χ1v) is 7.04. The monoisotopic (exact) mass is 288 g/mol. The van der Waals surface area contributed by atoms with Gasteiger partial charge >= 0.3 is 0 Å². The zero-order valence-corrected chi connectivity index (χ0v) is 12.0. The first kappa shape index (κ1) is 13.1. The third-order valence-electron chi connectivity index (χ3n) is 3.79. The van der Waals surface area contributed by atoms with E-state index in [4.69, 9.17) is 17.0 Å². The number of benzene rings is 1. The van der Waals surface area contributed by atoms with Gasteiger partial charge in [-0.1, -0.05) is 18.2 Å². The predicted octanol–water partition coefficient (Wildman–Crippen LogP) is 2.08. The molecule has 2 aliphatic rings. The average molecular weight is 288 g/mol. The van der Waals surface area contributed by atoms with Crippen molar-refractivity contribution >= 4 is 23.1 Å². The fraction of sp³-hybridized carbons (Fsp3) is 0.333. The van der Waals surface area contributed by atoms with E-state index in [1.807, 2.05) is 24.3 Å². The van der Waals surface area contributed by atoms with Crippen molar-refractivity contribution in [3.8, 4) is 5.75 Å². The van der Waals surface area contributed by atoms with E-state index in [1.54, 1.807) is 7.11 Å². The van der Waals surface area contributed by atoms with Gasteiger partial charge in [-0.3, -0.25) is 4.79 Å². The number of hydrogen-bond donors (Lipinski definition) is 2. The largest absolute Gasteiger partial charge is 0.497 e. The SMILES string of the molecule is COc1ccc(C2NC(=S)NC3=CCCC(=O)C32)cc1. The van der Waals surface area contributed by atoms with Gasteiger partial charge in [0, 0.05) is 12.1 Å². The number of rotatable bonds is 2. The highest BCUT2D eigenvalue weighted by Crippen LogP contribution is 2.35. The molecule has 1 aliphatic carbocycles. The van der Waals surface area contributed by atoms with Crippen LogP contribution in [0.3, 0.4) is 0 Å². The summed E-state index contributed by atoms with van der Waals surface area (Å²) in [6.07, 6.45) is 3.46. The Morgan fingerprint density at radius 2 is 2.05 bits per heavy atom. The van der Waals surface area contributed by atoms with E-state index < -0.39 is 0 Å². The number of fused-ring (bicyclic) bond motifs is 1. The molecule has 4 nitrogen and oxygen atoms in total. The Labute approximate surface area is 123 Å². The zero-order chi connectivity index (χ0) is 14.1. The van der Waals surface area contributed by atoms with E-state index in [1.165, 1.54) is 0 Å². The molecule has 0 bridgehead atoms. The van der Waals surface area contributed by atoms with Crippen LogP contribution >= 0.6 is 12.2 Å². The minimum absolute atomic E-state index is 0.103. The normalized spacial score (nSPS) is 25.1. The second-order valence-corrected chi connectivity index (χ2v) is 5.40. The molecule has 0 aromatic heterocycles. The molecule has 5 heteroatoms. The molecule has 1 aliphatic heterocycles. The fourth-order valence-electron chi connectivity index (χ4n) is 2.80. The van der Waals surface area contributed by atoms with E-state index in [0.29, 0.717) is 11.5 Å². The first-order valence-electron chi connectivity index (χ1n) is 6.63. The molecule has 0 spiro atoms. The maximum absolute atomic E-state index is 12.3. The Morgan fingerprint density at radius 1 is 1.30 bits per heavy atom. The van der Waals surface area contributed by atoms with E-state index >= 15 is 0 Å². The number of carbonyl (C=O) groups excluding carboxylic acids is 1. The van der Waals surface area contributed by atoms with Crippen LogP contribution in [-0.4, -0.2) is 18.0 Å². The lowest BCUT2D eigenvalue weighted by Crippen LogP contribution is -2.51. The Morgan fingerprint density at radius 3 is 2.75 bits per heavy atom. The number of hydrogen-bond acceptors (Lipinski definition) is 3. The quantitative estimate of drug-likeness (QED) is 0.816. The van der Waals surface area contributed by atoms with Crippen molar-refractivity contribution in [3.05, 3.63) is 41.6 Å². The maximum atomic E-state index is 12.3. The fourth-order valence-corrected chi connectivity index (χ4v) is 3.04. The number of ketones is 1. The molecule has 2 N–H and O–H groups in total. The van der Waals surface area contributed by atoms with Gasteiger partial charge in [0.15, 0.2) is 5.11 Å². The van der Waals surface area contributed by atoms with E-state index in [9.17, 15) is 4.79 Å². The van der Waals surface area contributed by atoms with Gasteiger partial charge in [0.2, 0.25) is 0 Å². The van der Waals surface area contributed by atoms with E-state index in [-0.39, 0.29) is 17.7 Å². The molecule has 0 amide bonds. The summed E-state index contributed by atoms with van der Waals surface area (Å²) < 4.78 is 5.17. The summed E-state index contributed by atoms with van der Waals surface area (Å²) in [4.78, 5) is 12.3. The lowest BCUT2D eigenvalue weighted by atomic mass is 9.81. The molecule has 0 radical (unpaired) electrons. The third kappa shape index (κ3) is 2.29. The molecule has 20 heavy (non-hydrogen) atoms. The molecule has 2 unspecified atom stereocenters. The number of ether oxygens (including phenoxy) is 1. The number of nitrogens with one attached hydrogen (secondary N) is 2. The van der Waals surface area contributed by atoms with Crippen molar-refractivity contribution in [1.29, 1.82) is 0 Å². The lowest BCUT2D eigenvalue weighted by molar-refractivity contribution is -0.123. The predicted molar refractivity (Wildman–Crippen MR) is 80.4 cm³/mol. The molecule has 1 aromatic carbocycles. The van der Waals surface area contributed by atoms with Crippen LogP contribution in [-0.2, 0) is 4.79 Å². The molecule has 1 heterocycles. The standard InChI is InChI=1S/C15H16N2O2S/c1-19-10-7-5-9(6-8-10)14-13-11(16-15(20)17-14)3-2-4-12(13)18/h3,5-8,13-14H,2,4H2,1H3,(H2,16,17,20). The van der Waals surface area contributed by atoms with Gasteiger partial charge in [0.05, 0.1) is 19.1 Å². The smallest absolute Gasteiger partial charge is 0.171 e. The molecule has 104 valence electrons. The van der Waals surface area contributed by atoms with Gasteiger partial charge in [0.1, 0.15) is 11.5 Å². The van der Waals surface area contributed by atoms with E-state index in [2.05, 4.69) is 16.7 Å². The minimum Gasteiger partial charge on any atom is -0.497 e. The van der Waals surface area contributed by atoms with Crippen LogP contribution in [0.25, 0.3) is 0 Å². The molecule has 1 saturated heterocycles. The van der Waals surface area contributed by atoms with Crippen LogP contribution in [0.2, 0.25) is 0 Å². The number of Topliss-reactive ketones (excluding diaryl/α,β-unsaturated/α-hetero) is 1. The summed E-state index contributed by atoms with van der Waals surface area (Å²) in [6.45, 7) is 0. The highest BCUT2D eigenvalue weighted by atomic mass is 32.1. The molecular formula is C15H16N2O2S. The number of carbonyl (C=O) groups is 1. The van der Waals surface area contributed by atoms with Crippen molar-refractivity contribution in [3.63, 3.8) is 0 Å². The zero-order valence-electron chi connectivity index (χ0n) is 11.2. The van der Waals surface area contributed by atoms with E-state index in [0.717, 1.165) is 23.4 Å². The Balaban J connectivity index is 1.96. The van der Waals surface area contributed by atoms with Gasteiger partial charge in [-0.25, -0.2) is 0 Å². The second kappa shape index (κ2) is 5.25. The second-order valence-electron chi connectivity index (χ2n) is 4.99. The van der Waals surface area contributed by atoms with Crippen LogP contribution in [0, 0.1) is 5.92 Å². The summed E-state index contributed by atoms with van der Waals surface area (Å²) >= 11 is 5.24. The van der Waals surface area contributed by atoms with Gasteiger partial charge < -0.3 is 15.4 Å². The number of methoxy groups -OCH3 is 1. The molecule has 1 fully saturated rings. The van der Waals surface area contributed by atoms with Crippen LogP contribution in [0.4, 0.5) is 0 Å². The first-order chi connectivity index (χ1) is 9.69. The van der Waals surface area contributed by atoms with Crippen molar-refractivity contribution in [2.45, 2.75) is 18.9 Å². The summed E-state index contributed by atoms with van der Waals surface area (Å²) in [5, 5.41) is 6.90. The van der Waals surface area contributed by atoms with Crippen molar-refractivity contribution < 1.29 is 9.53 Å². The van der Waals surface area contributed by atoms with Gasteiger partial charge in [-0.2, -0.15) is 0 Å². The Kier molecular flexibility index (Phi) is 3.44. The number of allylic oxidation sites excluding steroid dienone is 1. The van der Waals surface area contributed by atoms with Crippen molar-refractivity contribution in [2.24, 2.45) is 5.92 Å². The Bertz CT molecular complexity index is 580. The topological polar surface area (TPSA) is 50.4 Å². The highest BCUT2D eigenvalue weighted by Gasteiger charge is 2.38. The van der Waals surface area contributed by atoms with Gasteiger partial charge in [-0.15, -0.1) is 0 Å². The molecule has 2 atom stereocenters. The van der Waals surface area contributed by atoms with Crippen LogP contribution < -0.4 is 15.4 Å². The maximum Gasteiger partial charge on any atom is 0.171 e. The summed E-state index contributed by atoms with van der Waals surface area (Å²) in [5.41, 5.74) is 1.98. The highest BCUT2D eigenvalue weighted by molar-refractivity contribution is 7.80.